The first kappa shape index (κ1) is 16.6. The van der Waals surface area contributed by atoms with Crippen molar-refractivity contribution in [2.75, 3.05) is 0 Å². The van der Waals surface area contributed by atoms with Gasteiger partial charge in [-0.05, 0) is 52.8 Å². The van der Waals surface area contributed by atoms with Crippen molar-refractivity contribution >= 4 is 10.8 Å². The summed E-state index contributed by atoms with van der Waals surface area (Å²) in [5.74, 6) is 0. The normalized spacial score (nSPS) is 11.8. The van der Waals surface area contributed by atoms with Crippen molar-refractivity contribution in [3.63, 3.8) is 0 Å². The number of halogens is 3. The summed E-state index contributed by atoms with van der Waals surface area (Å²) >= 11 is 0. The molecule has 0 N–H and O–H groups in total. The summed E-state index contributed by atoms with van der Waals surface area (Å²) in [6.07, 6.45) is -2.33. The molecule has 0 bridgehead atoms. The number of hydrogen-bond donors (Lipinski definition) is 0. The standard InChI is InChI=1S/C21H19F3/c1-2-17-13-16(10-12-20(17)21(22,23)24)8-7-15-9-11-18-5-3-4-6-19(18)14-15/h3-6,9-14H,2,7-8H2,1H3. The summed E-state index contributed by atoms with van der Waals surface area (Å²) in [5, 5.41) is 2.39. The van der Waals surface area contributed by atoms with Gasteiger partial charge in [-0.25, -0.2) is 0 Å². The third-order valence-electron chi connectivity index (χ3n) is 4.37. The smallest absolute Gasteiger partial charge is 0.166 e. The van der Waals surface area contributed by atoms with E-state index in [4.69, 9.17) is 0 Å². The Morgan fingerprint density at radius 3 is 2.04 bits per heavy atom. The Morgan fingerprint density at radius 1 is 0.750 bits per heavy atom. The Labute approximate surface area is 139 Å². The Balaban J connectivity index is 1.78. The van der Waals surface area contributed by atoms with Crippen molar-refractivity contribution in [2.45, 2.75) is 32.4 Å². The van der Waals surface area contributed by atoms with E-state index in [1.54, 1.807) is 19.1 Å². The van der Waals surface area contributed by atoms with Crippen LogP contribution < -0.4 is 0 Å². The number of rotatable bonds is 4. The minimum Gasteiger partial charge on any atom is -0.166 e. The Hall–Kier alpha value is -2.29. The molecule has 0 aromatic heterocycles. The monoisotopic (exact) mass is 328 g/mol. The van der Waals surface area contributed by atoms with Crippen molar-refractivity contribution in [1.29, 1.82) is 0 Å². The van der Waals surface area contributed by atoms with Crippen molar-refractivity contribution in [2.24, 2.45) is 0 Å². The summed E-state index contributed by atoms with van der Waals surface area (Å²) < 4.78 is 38.9. The van der Waals surface area contributed by atoms with Crippen LogP contribution in [0.4, 0.5) is 13.2 Å². The predicted octanol–water partition coefficient (Wildman–Crippen LogP) is 6.21. The van der Waals surface area contributed by atoms with E-state index in [0.717, 1.165) is 18.4 Å². The lowest BCUT2D eigenvalue weighted by atomic mass is 9.97. The molecule has 0 aliphatic heterocycles. The van der Waals surface area contributed by atoms with Crippen LogP contribution in [0.1, 0.15) is 29.2 Å². The first-order valence-electron chi connectivity index (χ1n) is 8.14. The van der Waals surface area contributed by atoms with E-state index >= 15 is 0 Å². The summed E-state index contributed by atoms with van der Waals surface area (Å²) in [5.41, 5.74) is 2.01. The van der Waals surface area contributed by atoms with E-state index in [1.807, 2.05) is 12.1 Å². The summed E-state index contributed by atoms with van der Waals surface area (Å²) in [6, 6.07) is 19.0. The van der Waals surface area contributed by atoms with Crippen LogP contribution in [0.2, 0.25) is 0 Å². The molecule has 0 unspecified atom stereocenters. The molecule has 124 valence electrons. The molecule has 3 aromatic carbocycles. The van der Waals surface area contributed by atoms with Crippen molar-refractivity contribution in [1.82, 2.24) is 0 Å². The van der Waals surface area contributed by atoms with Gasteiger partial charge in [0.25, 0.3) is 0 Å². The molecule has 0 radical (unpaired) electrons. The van der Waals surface area contributed by atoms with Gasteiger partial charge in [-0.1, -0.05) is 61.5 Å². The molecule has 0 aliphatic rings. The Morgan fingerprint density at radius 2 is 1.38 bits per heavy atom. The average molecular weight is 328 g/mol. The van der Waals surface area contributed by atoms with Gasteiger partial charge >= 0.3 is 6.18 Å². The van der Waals surface area contributed by atoms with E-state index in [-0.39, 0.29) is 0 Å². The molecule has 0 atom stereocenters. The quantitative estimate of drug-likeness (QED) is 0.534. The summed E-state index contributed by atoms with van der Waals surface area (Å²) in [6.45, 7) is 1.76. The summed E-state index contributed by atoms with van der Waals surface area (Å²) in [7, 11) is 0. The molecular formula is C21H19F3. The lowest BCUT2D eigenvalue weighted by molar-refractivity contribution is -0.138. The maximum absolute atomic E-state index is 13.0. The van der Waals surface area contributed by atoms with Crippen molar-refractivity contribution in [3.8, 4) is 0 Å². The van der Waals surface area contributed by atoms with Crippen LogP contribution in [0, 0.1) is 0 Å². The Kier molecular flexibility index (Phi) is 4.61. The highest BCUT2D eigenvalue weighted by Crippen LogP contribution is 2.33. The number of benzene rings is 3. The van der Waals surface area contributed by atoms with Crippen LogP contribution in [-0.4, -0.2) is 0 Å². The second-order valence-electron chi connectivity index (χ2n) is 6.02. The van der Waals surface area contributed by atoms with Crippen LogP contribution >= 0.6 is 0 Å². The highest BCUT2D eigenvalue weighted by atomic mass is 19.4. The molecular weight excluding hydrogens is 309 g/mol. The van der Waals surface area contributed by atoms with E-state index in [2.05, 4.69) is 30.3 Å². The summed E-state index contributed by atoms with van der Waals surface area (Å²) in [4.78, 5) is 0. The first-order chi connectivity index (χ1) is 11.5. The molecule has 0 spiro atoms. The Bertz CT molecular complexity index is 847. The maximum Gasteiger partial charge on any atom is 0.416 e. The molecule has 0 saturated heterocycles. The fourth-order valence-corrected chi connectivity index (χ4v) is 3.05. The van der Waals surface area contributed by atoms with Crippen LogP contribution in [0.3, 0.4) is 0 Å². The molecule has 3 heteroatoms. The van der Waals surface area contributed by atoms with Gasteiger partial charge in [-0.3, -0.25) is 0 Å². The number of aryl methyl sites for hydroxylation is 3. The highest BCUT2D eigenvalue weighted by Gasteiger charge is 2.32. The van der Waals surface area contributed by atoms with Crippen molar-refractivity contribution in [3.05, 3.63) is 82.9 Å². The molecule has 3 rings (SSSR count). The predicted molar refractivity (Wildman–Crippen MR) is 92.2 cm³/mol. The van der Waals surface area contributed by atoms with E-state index < -0.39 is 11.7 Å². The van der Waals surface area contributed by atoms with Crippen LogP contribution in [0.25, 0.3) is 10.8 Å². The van der Waals surface area contributed by atoms with Crippen LogP contribution in [-0.2, 0) is 25.4 Å². The van der Waals surface area contributed by atoms with Crippen LogP contribution in [0.5, 0.6) is 0 Å². The molecule has 0 heterocycles. The van der Waals surface area contributed by atoms with Gasteiger partial charge in [0.2, 0.25) is 0 Å². The number of alkyl halides is 3. The van der Waals surface area contributed by atoms with E-state index in [1.165, 1.54) is 22.4 Å². The molecule has 0 aliphatic carbocycles. The fraction of sp³-hybridized carbons (Fsp3) is 0.238. The molecule has 24 heavy (non-hydrogen) atoms. The van der Waals surface area contributed by atoms with Crippen LogP contribution in [0.15, 0.2) is 60.7 Å². The van der Waals surface area contributed by atoms with Gasteiger partial charge in [0.1, 0.15) is 0 Å². The van der Waals surface area contributed by atoms with Gasteiger partial charge in [0, 0.05) is 0 Å². The average Bonchev–Trinajstić information content (AvgIpc) is 2.58. The van der Waals surface area contributed by atoms with Gasteiger partial charge in [-0.15, -0.1) is 0 Å². The zero-order chi connectivity index (χ0) is 17.2. The topological polar surface area (TPSA) is 0 Å². The third kappa shape index (κ3) is 3.61. The largest absolute Gasteiger partial charge is 0.416 e. The molecule has 0 saturated carbocycles. The maximum atomic E-state index is 13.0. The molecule has 0 fully saturated rings. The second-order valence-corrected chi connectivity index (χ2v) is 6.02. The number of hydrogen-bond acceptors (Lipinski definition) is 0. The first-order valence-corrected chi connectivity index (χ1v) is 8.14. The molecule has 3 aromatic rings. The lowest BCUT2D eigenvalue weighted by Crippen LogP contribution is -2.09. The van der Waals surface area contributed by atoms with Gasteiger partial charge in [0.05, 0.1) is 5.56 Å². The minimum atomic E-state index is -4.28. The van der Waals surface area contributed by atoms with E-state index in [0.29, 0.717) is 12.0 Å². The third-order valence-corrected chi connectivity index (χ3v) is 4.37. The molecule has 0 amide bonds. The van der Waals surface area contributed by atoms with E-state index in [9.17, 15) is 13.2 Å². The lowest BCUT2D eigenvalue weighted by Gasteiger charge is -2.13. The van der Waals surface area contributed by atoms with Gasteiger partial charge in [-0.2, -0.15) is 13.2 Å². The van der Waals surface area contributed by atoms with Gasteiger partial charge < -0.3 is 0 Å². The zero-order valence-electron chi connectivity index (χ0n) is 13.5. The highest BCUT2D eigenvalue weighted by molar-refractivity contribution is 5.82. The van der Waals surface area contributed by atoms with Crippen molar-refractivity contribution < 1.29 is 13.2 Å². The molecule has 0 nitrogen and oxygen atoms in total. The second kappa shape index (κ2) is 6.68. The SMILES string of the molecule is CCc1cc(CCc2ccc3ccccc3c2)ccc1C(F)(F)F. The minimum absolute atomic E-state index is 0.374. The fourth-order valence-electron chi connectivity index (χ4n) is 3.05. The number of fused-ring (bicyclic) bond motifs is 1. The zero-order valence-corrected chi connectivity index (χ0v) is 13.5. The van der Waals surface area contributed by atoms with Gasteiger partial charge in [0.15, 0.2) is 0 Å².